The Bertz CT molecular complexity index is 994. The van der Waals surface area contributed by atoms with Gasteiger partial charge in [-0.3, -0.25) is 0 Å². The van der Waals surface area contributed by atoms with E-state index in [2.05, 4.69) is 51.9 Å². The molecule has 4 rings (SSSR count). The number of sulfone groups is 1. The third kappa shape index (κ3) is 2.89. The molecular weight excluding hydrogens is 342 g/mol. The van der Waals surface area contributed by atoms with Gasteiger partial charge in [0.2, 0.25) is 0 Å². The molecule has 0 aliphatic carbocycles. The lowest BCUT2D eigenvalue weighted by Crippen LogP contribution is -2.21. The van der Waals surface area contributed by atoms with Crippen LogP contribution in [0.4, 0.5) is 5.82 Å². The molecule has 124 valence electrons. The van der Waals surface area contributed by atoms with Crippen molar-refractivity contribution in [1.29, 1.82) is 0 Å². The van der Waals surface area contributed by atoms with Crippen molar-refractivity contribution in [2.24, 2.45) is 0 Å². The van der Waals surface area contributed by atoms with Gasteiger partial charge in [-0.05, 0) is 18.9 Å². The molecule has 0 radical (unpaired) electrons. The van der Waals surface area contributed by atoms with Gasteiger partial charge in [0.15, 0.2) is 9.84 Å². The monoisotopic (exact) mass is 359 g/mol. The Morgan fingerprint density at radius 2 is 2.00 bits per heavy atom. The van der Waals surface area contributed by atoms with Crippen molar-refractivity contribution in [3.63, 3.8) is 0 Å². The van der Waals surface area contributed by atoms with Crippen LogP contribution in [0.25, 0.3) is 21.3 Å². The fourth-order valence-electron chi connectivity index (χ4n) is 3.03. The maximum Gasteiger partial charge on any atom is 0.152 e. The molecule has 1 atom stereocenters. The van der Waals surface area contributed by atoms with Gasteiger partial charge in [0.25, 0.3) is 0 Å². The van der Waals surface area contributed by atoms with E-state index >= 15 is 0 Å². The molecule has 2 aromatic heterocycles. The van der Waals surface area contributed by atoms with Crippen molar-refractivity contribution in [2.75, 3.05) is 16.8 Å². The number of rotatable bonds is 3. The highest BCUT2D eigenvalue weighted by molar-refractivity contribution is 7.91. The second kappa shape index (κ2) is 5.82. The van der Waals surface area contributed by atoms with E-state index in [1.54, 1.807) is 11.3 Å². The van der Waals surface area contributed by atoms with Crippen LogP contribution in [0.1, 0.15) is 12.0 Å². The molecule has 0 unspecified atom stereocenters. The Kier molecular flexibility index (Phi) is 3.77. The second-order valence-corrected chi connectivity index (χ2v) is 9.25. The number of hydrogen-bond acceptors (Lipinski definition) is 6. The quantitative estimate of drug-likeness (QED) is 0.777. The molecule has 1 saturated heterocycles. The van der Waals surface area contributed by atoms with E-state index in [1.807, 2.05) is 0 Å². The highest BCUT2D eigenvalue weighted by atomic mass is 32.2. The smallest absolute Gasteiger partial charge is 0.152 e. The number of anilines is 1. The first-order chi connectivity index (χ1) is 11.5. The summed E-state index contributed by atoms with van der Waals surface area (Å²) in [5.41, 5.74) is 3.41. The van der Waals surface area contributed by atoms with Gasteiger partial charge < -0.3 is 5.32 Å². The van der Waals surface area contributed by atoms with Crippen molar-refractivity contribution >= 4 is 37.2 Å². The van der Waals surface area contributed by atoms with Gasteiger partial charge in [0, 0.05) is 17.0 Å². The minimum absolute atomic E-state index is 0.0844. The zero-order valence-electron chi connectivity index (χ0n) is 13.2. The molecule has 0 spiro atoms. The topological polar surface area (TPSA) is 72.0 Å². The number of aryl methyl sites for hydroxylation is 1. The maximum atomic E-state index is 11.7. The minimum atomic E-state index is -2.93. The number of aromatic nitrogens is 2. The average Bonchev–Trinajstić information content (AvgIpc) is 3.12. The molecule has 1 N–H and O–H groups in total. The Labute approximate surface area is 144 Å². The predicted molar refractivity (Wildman–Crippen MR) is 98.3 cm³/mol. The van der Waals surface area contributed by atoms with Gasteiger partial charge in [-0.25, -0.2) is 18.4 Å². The van der Waals surface area contributed by atoms with Crippen LogP contribution in [-0.4, -0.2) is 35.9 Å². The summed E-state index contributed by atoms with van der Waals surface area (Å²) >= 11 is 1.58. The molecule has 0 bridgehead atoms. The van der Waals surface area contributed by atoms with Gasteiger partial charge in [-0.15, -0.1) is 11.3 Å². The van der Waals surface area contributed by atoms with Gasteiger partial charge in [0.1, 0.15) is 17.0 Å². The van der Waals surface area contributed by atoms with E-state index in [0.29, 0.717) is 6.42 Å². The van der Waals surface area contributed by atoms with Crippen molar-refractivity contribution in [1.82, 2.24) is 9.97 Å². The summed E-state index contributed by atoms with van der Waals surface area (Å²) in [5, 5.41) is 6.38. The lowest BCUT2D eigenvalue weighted by molar-refractivity contribution is 0.602. The molecule has 3 aromatic rings. The Balaban J connectivity index is 1.76. The lowest BCUT2D eigenvalue weighted by atomic mass is 10.0. The molecule has 1 aliphatic rings. The normalized spacial score (nSPS) is 19.6. The highest BCUT2D eigenvalue weighted by Gasteiger charge is 2.28. The molecule has 1 aromatic carbocycles. The largest absolute Gasteiger partial charge is 0.366 e. The number of fused-ring (bicyclic) bond motifs is 1. The summed E-state index contributed by atoms with van der Waals surface area (Å²) in [4.78, 5) is 9.65. The zero-order valence-corrected chi connectivity index (χ0v) is 14.8. The first-order valence-corrected chi connectivity index (χ1v) is 10.5. The molecule has 24 heavy (non-hydrogen) atoms. The molecule has 1 fully saturated rings. The lowest BCUT2D eigenvalue weighted by Gasteiger charge is -2.13. The third-order valence-electron chi connectivity index (χ3n) is 4.31. The van der Waals surface area contributed by atoms with E-state index in [0.717, 1.165) is 27.2 Å². The second-order valence-electron chi connectivity index (χ2n) is 6.16. The Hall–Kier alpha value is -1.99. The van der Waals surface area contributed by atoms with Crippen LogP contribution in [0, 0.1) is 6.92 Å². The molecule has 3 heterocycles. The van der Waals surface area contributed by atoms with Crippen LogP contribution in [0.15, 0.2) is 36.0 Å². The van der Waals surface area contributed by atoms with Crippen LogP contribution in [0.3, 0.4) is 0 Å². The van der Waals surface area contributed by atoms with Gasteiger partial charge >= 0.3 is 0 Å². The van der Waals surface area contributed by atoms with Crippen LogP contribution in [0.5, 0.6) is 0 Å². The van der Waals surface area contributed by atoms with Gasteiger partial charge in [-0.1, -0.05) is 29.8 Å². The summed E-state index contributed by atoms with van der Waals surface area (Å²) < 4.78 is 23.4. The molecule has 0 saturated carbocycles. The van der Waals surface area contributed by atoms with Gasteiger partial charge in [0.05, 0.1) is 16.9 Å². The molecule has 1 aliphatic heterocycles. The van der Waals surface area contributed by atoms with Crippen molar-refractivity contribution in [2.45, 2.75) is 19.4 Å². The number of nitrogens with one attached hydrogen (secondary N) is 1. The third-order valence-corrected chi connectivity index (χ3v) is 6.96. The average molecular weight is 359 g/mol. The Morgan fingerprint density at radius 1 is 1.21 bits per heavy atom. The van der Waals surface area contributed by atoms with Gasteiger partial charge in [-0.2, -0.15) is 0 Å². The molecule has 0 amide bonds. The summed E-state index contributed by atoms with van der Waals surface area (Å²) in [5.74, 6) is 1.13. The fraction of sp³-hybridized carbons (Fsp3) is 0.294. The van der Waals surface area contributed by atoms with Crippen molar-refractivity contribution < 1.29 is 8.42 Å². The molecular formula is C17H17N3O2S2. The highest BCUT2D eigenvalue weighted by Crippen LogP contribution is 2.37. The number of hydrogen-bond donors (Lipinski definition) is 1. The summed E-state index contributed by atoms with van der Waals surface area (Å²) in [6.07, 6.45) is 2.15. The maximum absolute atomic E-state index is 11.7. The van der Waals surface area contributed by atoms with Crippen molar-refractivity contribution in [3.05, 3.63) is 41.5 Å². The fourth-order valence-corrected chi connectivity index (χ4v) is 5.62. The predicted octanol–water partition coefficient (Wildman–Crippen LogP) is 3.27. The van der Waals surface area contributed by atoms with E-state index in [-0.39, 0.29) is 17.5 Å². The summed E-state index contributed by atoms with van der Waals surface area (Å²) in [6.45, 7) is 2.06. The first-order valence-electron chi connectivity index (χ1n) is 7.78. The Morgan fingerprint density at radius 3 is 2.71 bits per heavy atom. The first kappa shape index (κ1) is 15.5. The molecule has 5 nitrogen and oxygen atoms in total. The zero-order chi connectivity index (χ0) is 16.7. The van der Waals surface area contributed by atoms with Crippen LogP contribution < -0.4 is 5.32 Å². The summed E-state index contributed by atoms with van der Waals surface area (Å²) in [6, 6.07) is 8.26. The van der Waals surface area contributed by atoms with Crippen LogP contribution >= 0.6 is 11.3 Å². The van der Waals surface area contributed by atoms with E-state index in [9.17, 15) is 8.42 Å². The number of benzene rings is 1. The number of nitrogens with zero attached hydrogens (tertiary/aromatic N) is 2. The van der Waals surface area contributed by atoms with Crippen LogP contribution in [-0.2, 0) is 9.84 Å². The summed E-state index contributed by atoms with van der Waals surface area (Å²) in [7, 11) is -2.93. The minimum Gasteiger partial charge on any atom is -0.366 e. The SMILES string of the molecule is Cc1ccc(-c2csc3ncnc(N[C@@H]4CCS(=O)(=O)C4)c23)cc1. The molecule has 7 heteroatoms. The van der Waals surface area contributed by atoms with Crippen LogP contribution in [0.2, 0.25) is 0 Å². The standard InChI is InChI=1S/C17H17N3O2S2/c1-11-2-4-12(5-3-11)14-8-23-17-15(14)16(18-10-19-17)20-13-6-7-24(21,22)9-13/h2-5,8,10,13H,6-7,9H2,1H3,(H,18,19,20)/t13-/m1/s1. The van der Waals surface area contributed by atoms with Crippen molar-refractivity contribution in [3.8, 4) is 11.1 Å². The van der Waals surface area contributed by atoms with E-state index in [1.165, 1.54) is 11.9 Å². The number of thiophene rings is 1. The van der Waals surface area contributed by atoms with E-state index in [4.69, 9.17) is 0 Å². The van der Waals surface area contributed by atoms with E-state index < -0.39 is 9.84 Å².